The molecule has 2 heterocycles. The molecule has 0 saturated heterocycles. The second-order valence-corrected chi connectivity index (χ2v) is 6.78. The van der Waals surface area contributed by atoms with E-state index in [0.29, 0.717) is 12.4 Å². The highest BCUT2D eigenvalue weighted by Gasteiger charge is 2.19. The molecule has 0 bridgehead atoms. The molecular weight excluding hydrogens is 290 g/mol. The summed E-state index contributed by atoms with van der Waals surface area (Å²) in [7, 11) is -3.69. The van der Waals surface area contributed by atoms with Gasteiger partial charge in [0.15, 0.2) is 5.03 Å². The van der Waals surface area contributed by atoms with Gasteiger partial charge in [-0.1, -0.05) is 13.3 Å². The lowest BCUT2D eigenvalue weighted by Crippen LogP contribution is -2.17. The summed E-state index contributed by atoms with van der Waals surface area (Å²) in [5.74, 6) is 0.461. The number of nitrogens with one attached hydrogen (secondary N) is 1. The van der Waals surface area contributed by atoms with Crippen LogP contribution < -0.4 is 4.72 Å². The molecule has 0 aliphatic rings. The molecule has 116 valence electrons. The van der Waals surface area contributed by atoms with E-state index >= 15 is 0 Å². The van der Waals surface area contributed by atoms with Crippen molar-refractivity contribution in [3.05, 3.63) is 24.8 Å². The van der Waals surface area contributed by atoms with E-state index in [9.17, 15) is 8.42 Å². The lowest BCUT2D eigenvalue weighted by Gasteiger charge is -2.09. The van der Waals surface area contributed by atoms with Gasteiger partial charge in [-0.3, -0.25) is 4.72 Å². The fraction of sp³-hybridized carbons (Fsp3) is 0.538. The van der Waals surface area contributed by atoms with Gasteiger partial charge < -0.3 is 4.57 Å². The van der Waals surface area contributed by atoms with E-state index in [2.05, 4.69) is 21.7 Å². The number of imidazole rings is 1. The number of sulfonamides is 1. The summed E-state index contributed by atoms with van der Waals surface area (Å²) in [4.78, 5) is 3.96. The fourth-order valence-corrected chi connectivity index (χ4v) is 2.83. The first-order chi connectivity index (χ1) is 9.94. The Bertz CT molecular complexity index is 687. The zero-order valence-corrected chi connectivity index (χ0v) is 13.3. The topological polar surface area (TPSA) is 81.8 Å². The van der Waals surface area contributed by atoms with Gasteiger partial charge in [0.05, 0.1) is 12.5 Å². The van der Waals surface area contributed by atoms with Crippen LogP contribution in [0, 0.1) is 0 Å². The molecule has 0 fully saturated rings. The van der Waals surface area contributed by atoms with Gasteiger partial charge in [-0.15, -0.1) is 0 Å². The SMILES string of the molecule is CCCCn1nccc1NS(=O)(=O)c1cn(C(C)C)cn1. The Morgan fingerprint density at radius 2 is 2.14 bits per heavy atom. The molecule has 0 spiro atoms. The average Bonchev–Trinajstić information content (AvgIpc) is 3.05. The van der Waals surface area contributed by atoms with Crippen LogP contribution in [0.15, 0.2) is 29.8 Å². The van der Waals surface area contributed by atoms with E-state index in [1.54, 1.807) is 21.5 Å². The standard InChI is InChI=1S/C13H21N5O2S/c1-4-5-8-18-12(6-7-15-18)16-21(19,20)13-9-17(10-14-13)11(2)3/h6-7,9-11,16H,4-5,8H2,1-3H3. The fourth-order valence-electron chi connectivity index (χ4n) is 1.83. The average molecular weight is 311 g/mol. The third-order valence-corrected chi connectivity index (χ3v) is 4.37. The predicted molar refractivity (Wildman–Crippen MR) is 80.6 cm³/mol. The summed E-state index contributed by atoms with van der Waals surface area (Å²) in [6.45, 7) is 6.68. The highest BCUT2D eigenvalue weighted by molar-refractivity contribution is 7.92. The van der Waals surface area contributed by atoms with Crippen LogP contribution in [-0.2, 0) is 16.6 Å². The predicted octanol–water partition coefficient (Wildman–Crippen LogP) is 2.26. The molecule has 0 aliphatic carbocycles. The van der Waals surface area contributed by atoms with Crippen molar-refractivity contribution in [1.82, 2.24) is 19.3 Å². The Labute approximate surface area is 125 Å². The van der Waals surface area contributed by atoms with Crippen molar-refractivity contribution in [2.24, 2.45) is 0 Å². The minimum atomic E-state index is -3.69. The van der Waals surface area contributed by atoms with Crippen LogP contribution in [0.25, 0.3) is 0 Å². The van der Waals surface area contributed by atoms with Crippen LogP contribution in [-0.4, -0.2) is 27.7 Å². The lowest BCUT2D eigenvalue weighted by molar-refractivity contribution is 0.574. The summed E-state index contributed by atoms with van der Waals surface area (Å²) < 4.78 is 30.6. The third kappa shape index (κ3) is 3.63. The smallest absolute Gasteiger partial charge is 0.282 e. The monoisotopic (exact) mass is 311 g/mol. The number of aromatic nitrogens is 4. The Balaban J connectivity index is 2.19. The van der Waals surface area contributed by atoms with Gasteiger partial charge in [0.2, 0.25) is 0 Å². The molecule has 0 aliphatic heterocycles. The van der Waals surface area contributed by atoms with Crippen LogP contribution in [0.1, 0.15) is 39.7 Å². The van der Waals surface area contributed by atoms with Crippen LogP contribution in [0.5, 0.6) is 0 Å². The molecule has 0 saturated carbocycles. The third-order valence-electron chi connectivity index (χ3n) is 3.13. The van der Waals surface area contributed by atoms with E-state index in [-0.39, 0.29) is 11.1 Å². The van der Waals surface area contributed by atoms with Crippen LogP contribution in [0.3, 0.4) is 0 Å². The van der Waals surface area contributed by atoms with Crippen LogP contribution >= 0.6 is 0 Å². The van der Waals surface area contributed by atoms with E-state index in [1.807, 2.05) is 13.8 Å². The van der Waals surface area contributed by atoms with Gasteiger partial charge in [0.25, 0.3) is 10.0 Å². The number of unbranched alkanes of at least 4 members (excludes halogenated alkanes) is 1. The zero-order valence-electron chi connectivity index (χ0n) is 12.5. The quantitative estimate of drug-likeness (QED) is 0.850. The van der Waals surface area contributed by atoms with Crippen LogP contribution in [0.2, 0.25) is 0 Å². The maximum Gasteiger partial charge on any atom is 0.282 e. The Morgan fingerprint density at radius 3 is 2.76 bits per heavy atom. The van der Waals surface area contributed by atoms with Crippen molar-refractivity contribution in [3.8, 4) is 0 Å². The number of aryl methyl sites for hydroxylation is 1. The highest BCUT2D eigenvalue weighted by atomic mass is 32.2. The summed E-state index contributed by atoms with van der Waals surface area (Å²) in [5.41, 5.74) is 0. The summed E-state index contributed by atoms with van der Waals surface area (Å²) in [5, 5.41) is 4.14. The van der Waals surface area contributed by atoms with E-state index in [0.717, 1.165) is 12.8 Å². The summed E-state index contributed by atoms with van der Waals surface area (Å²) in [6, 6.07) is 1.81. The molecule has 0 aromatic carbocycles. The van der Waals surface area contributed by atoms with Crippen molar-refractivity contribution in [1.29, 1.82) is 0 Å². The molecule has 7 nitrogen and oxygen atoms in total. The van der Waals surface area contributed by atoms with Gasteiger partial charge >= 0.3 is 0 Å². The molecule has 0 radical (unpaired) electrons. The van der Waals surface area contributed by atoms with E-state index < -0.39 is 10.0 Å². The first-order valence-corrected chi connectivity index (χ1v) is 8.50. The Morgan fingerprint density at radius 1 is 1.38 bits per heavy atom. The molecule has 0 amide bonds. The van der Waals surface area contributed by atoms with Crippen molar-refractivity contribution in [2.75, 3.05) is 4.72 Å². The van der Waals surface area contributed by atoms with E-state index in [4.69, 9.17) is 0 Å². The molecule has 2 aromatic rings. The lowest BCUT2D eigenvalue weighted by atomic mass is 10.3. The highest BCUT2D eigenvalue weighted by Crippen LogP contribution is 2.16. The van der Waals surface area contributed by atoms with Gasteiger partial charge in [-0.2, -0.15) is 13.5 Å². The van der Waals surface area contributed by atoms with Crippen molar-refractivity contribution in [3.63, 3.8) is 0 Å². The zero-order chi connectivity index (χ0) is 15.5. The second kappa shape index (κ2) is 6.30. The van der Waals surface area contributed by atoms with Crippen molar-refractivity contribution < 1.29 is 8.42 Å². The number of nitrogens with zero attached hydrogens (tertiary/aromatic N) is 4. The Hall–Kier alpha value is -1.83. The number of hydrogen-bond acceptors (Lipinski definition) is 4. The number of hydrogen-bond donors (Lipinski definition) is 1. The van der Waals surface area contributed by atoms with E-state index in [1.165, 1.54) is 12.5 Å². The largest absolute Gasteiger partial charge is 0.334 e. The maximum atomic E-state index is 12.3. The first-order valence-electron chi connectivity index (χ1n) is 7.02. The molecule has 0 unspecified atom stereocenters. The minimum absolute atomic E-state index is 0.0134. The maximum absolute atomic E-state index is 12.3. The van der Waals surface area contributed by atoms with Gasteiger partial charge in [0, 0.05) is 24.8 Å². The summed E-state index contributed by atoms with van der Waals surface area (Å²) >= 11 is 0. The van der Waals surface area contributed by atoms with Crippen molar-refractivity contribution in [2.45, 2.75) is 51.2 Å². The molecule has 2 aromatic heterocycles. The normalized spacial score (nSPS) is 12.0. The van der Waals surface area contributed by atoms with Gasteiger partial charge in [0.1, 0.15) is 5.82 Å². The Kier molecular flexibility index (Phi) is 4.66. The number of rotatable bonds is 7. The second-order valence-electron chi connectivity index (χ2n) is 5.15. The van der Waals surface area contributed by atoms with Gasteiger partial charge in [-0.05, 0) is 20.3 Å². The summed E-state index contributed by atoms with van der Waals surface area (Å²) in [6.07, 6.45) is 6.59. The van der Waals surface area contributed by atoms with Gasteiger partial charge in [-0.25, -0.2) is 9.67 Å². The molecule has 1 N–H and O–H groups in total. The molecule has 0 atom stereocenters. The molecule has 2 rings (SSSR count). The molecule has 21 heavy (non-hydrogen) atoms. The minimum Gasteiger partial charge on any atom is -0.334 e. The molecule has 8 heteroatoms. The first kappa shape index (κ1) is 15.6. The van der Waals surface area contributed by atoms with Crippen molar-refractivity contribution >= 4 is 15.8 Å². The number of anilines is 1. The molecular formula is C13H21N5O2S. The van der Waals surface area contributed by atoms with Crippen LogP contribution in [0.4, 0.5) is 5.82 Å².